The topological polar surface area (TPSA) is 67.9 Å². The molecule has 0 radical (unpaired) electrons. The van der Waals surface area contributed by atoms with Crippen LogP contribution in [0.3, 0.4) is 0 Å². The molecule has 0 aromatic heterocycles. The van der Waals surface area contributed by atoms with Gasteiger partial charge in [-0.15, -0.1) is 0 Å². The number of hydrogen-bond donors (Lipinski definition) is 1. The van der Waals surface area contributed by atoms with Gasteiger partial charge in [-0.05, 0) is 78.8 Å². The van der Waals surface area contributed by atoms with Gasteiger partial charge in [0.2, 0.25) is 0 Å². The Labute approximate surface area is 249 Å². The molecule has 0 aromatic carbocycles. The van der Waals surface area contributed by atoms with E-state index >= 15 is 0 Å². The number of hydrogen-bond acceptors (Lipinski definition) is 5. The first-order valence-electron chi connectivity index (χ1n) is 17.0. The minimum Gasteiger partial charge on any atom is -0.462 e. The molecule has 1 amide bonds. The quantitative estimate of drug-likeness (QED) is 0.0789. The molecule has 1 N–H and O–H groups in total. The number of amides is 1. The number of carbonyl (C=O) groups excluding carboxylic acids is 2. The summed E-state index contributed by atoms with van der Waals surface area (Å²) in [5.41, 5.74) is -0.452. The molecule has 40 heavy (non-hydrogen) atoms. The van der Waals surface area contributed by atoms with Crippen LogP contribution < -0.4 is 5.32 Å². The molecule has 0 atom stereocenters. The van der Waals surface area contributed by atoms with E-state index in [1.165, 1.54) is 83.5 Å². The molecule has 0 saturated carbocycles. The Balaban J connectivity index is 3.90. The van der Waals surface area contributed by atoms with Crippen LogP contribution in [0.2, 0.25) is 0 Å². The second-order valence-corrected chi connectivity index (χ2v) is 12.7. The van der Waals surface area contributed by atoms with E-state index in [1.807, 2.05) is 20.8 Å². The summed E-state index contributed by atoms with van der Waals surface area (Å²) in [6.45, 7) is 12.8. The molecular weight excluding hydrogens is 500 g/mol. The largest absolute Gasteiger partial charge is 0.462 e. The van der Waals surface area contributed by atoms with Crippen molar-refractivity contribution in [3.8, 4) is 0 Å². The van der Waals surface area contributed by atoms with Crippen LogP contribution in [0.25, 0.3) is 0 Å². The van der Waals surface area contributed by atoms with Crippen LogP contribution in [0.4, 0.5) is 4.79 Å². The second kappa shape index (κ2) is 26.6. The summed E-state index contributed by atoms with van der Waals surface area (Å²) in [5, 5.41) is 3.47. The van der Waals surface area contributed by atoms with Crippen LogP contribution in [-0.2, 0) is 14.3 Å². The summed E-state index contributed by atoms with van der Waals surface area (Å²) in [4.78, 5) is 26.1. The fraction of sp³-hybridized carbons (Fsp3) is 0.941. The molecule has 0 fully saturated rings. The summed E-state index contributed by atoms with van der Waals surface area (Å²) in [6, 6.07) is 0. The van der Waals surface area contributed by atoms with Gasteiger partial charge in [-0.3, -0.25) is 4.79 Å². The molecule has 0 spiro atoms. The molecule has 238 valence electrons. The van der Waals surface area contributed by atoms with Gasteiger partial charge in [0.25, 0.3) is 0 Å². The normalized spacial score (nSPS) is 11.7. The van der Waals surface area contributed by atoms with Crippen molar-refractivity contribution >= 4 is 12.1 Å². The molecule has 0 saturated heterocycles. The van der Waals surface area contributed by atoms with E-state index in [-0.39, 0.29) is 18.2 Å². The number of nitrogens with zero attached hydrogens (tertiary/aromatic N) is 1. The maximum absolute atomic E-state index is 12.5. The zero-order valence-corrected chi connectivity index (χ0v) is 27.6. The van der Waals surface area contributed by atoms with Crippen molar-refractivity contribution in [3.05, 3.63) is 0 Å². The van der Waals surface area contributed by atoms with Crippen LogP contribution in [0.15, 0.2) is 0 Å². The van der Waals surface area contributed by atoms with Gasteiger partial charge in [0.15, 0.2) is 0 Å². The molecule has 6 nitrogen and oxygen atoms in total. The highest BCUT2D eigenvalue weighted by Crippen LogP contribution is 2.18. The van der Waals surface area contributed by atoms with E-state index in [4.69, 9.17) is 9.47 Å². The molecule has 0 heterocycles. The van der Waals surface area contributed by atoms with Crippen molar-refractivity contribution in [3.63, 3.8) is 0 Å². The third kappa shape index (κ3) is 26.9. The van der Waals surface area contributed by atoms with E-state index < -0.39 is 5.60 Å². The minimum atomic E-state index is -0.452. The number of rotatable bonds is 27. The van der Waals surface area contributed by atoms with Gasteiger partial charge < -0.3 is 19.7 Å². The fourth-order valence-electron chi connectivity index (χ4n) is 4.86. The summed E-state index contributed by atoms with van der Waals surface area (Å²) in [7, 11) is 1.79. The van der Waals surface area contributed by atoms with Gasteiger partial charge in [-0.1, -0.05) is 97.3 Å². The van der Waals surface area contributed by atoms with Crippen molar-refractivity contribution in [2.24, 2.45) is 0 Å². The third-order valence-electron chi connectivity index (χ3n) is 7.34. The van der Waals surface area contributed by atoms with E-state index in [1.54, 1.807) is 11.9 Å². The molecule has 6 heteroatoms. The molecule has 0 unspecified atom stereocenters. The smallest absolute Gasteiger partial charge is 0.410 e. The fourth-order valence-corrected chi connectivity index (χ4v) is 4.86. The first kappa shape index (κ1) is 38.7. The molecule has 0 aliphatic heterocycles. The average Bonchev–Trinajstić information content (AvgIpc) is 2.89. The maximum atomic E-state index is 12.5. The number of nitrogens with one attached hydrogen (secondary N) is 1. The van der Waals surface area contributed by atoms with E-state index in [0.717, 1.165) is 58.0 Å². The van der Waals surface area contributed by atoms with Gasteiger partial charge in [0.1, 0.15) is 11.7 Å². The first-order valence-corrected chi connectivity index (χ1v) is 17.0. The molecule has 0 aliphatic rings. The molecule has 0 aliphatic carbocycles. The summed E-state index contributed by atoms with van der Waals surface area (Å²) < 4.78 is 11.3. The van der Waals surface area contributed by atoms with E-state index in [9.17, 15) is 9.59 Å². The Kier molecular flexibility index (Phi) is 25.7. The zero-order valence-electron chi connectivity index (χ0n) is 27.6. The summed E-state index contributed by atoms with van der Waals surface area (Å²) in [6.07, 6.45) is 24.4. The summed E-state index contributed by atoms with van der Waals surface area (Å²) in [5.74, 6) is 0.0139. The number of ether oxygens (including phenoxy) is 2. The van der Waals surface area contributed by atoms with Crippen molar-refractivity contribution in [1.82, 2.24) is 10.2 Å². The van der Waals surface area contributed by atoms with E-state index in [0.29, 0.717) is 13.0 Å². The van der Waals surface area contributed by atoms with Crippen LogP contribution >= 0.6 is 0 Å². The SMILES string of the molecule is CCCCCCCCC(CCCCCCCC)OC(=O)CCCCCCCNCCCN(C)C(=O)OC(C)(C)C. The molecule has 0 bridgehead atoms. The standard InChI is InChI=1S/C34H68N2O4/c1-7-9-11-13-16-20-25-31(26-21-17-14-12-10-8-2)39-32(37)27-22-18-15-19-23-28-35-29-24-30-36(6)33(38)40-34(3,4)5/h31,35H,7-30H2,1-6H3. The number of unbranched alkanes of at least 4 members (excludes halogenated alkanes) is 14. The minimum absolute atomic E-state index is 0.0139. The lowest BCUT2D eigenvalue weighted by molar-refractivity contribution is -0.150. The lowest BCUT2D eigenvalue weighted by atomic mass is 10.0. The van der Waals surface area contributed by atoms with Crippen LogP contribution in [0.5, 0.6) is 0 Å². The van der Waals surface area contributed by atoms with Crippen molar-refractivity contribution < 1.29 is 19.1 Å². The van der Waals surface area contributed by atoms with Crippen LogP contribution in [0.1, 0.15) is 169 Å². The van der Waals surface area contributed by atoms with Crippen LogP contribution in [-0.4, -0.2) is 55.3 Å². The Morgan fingerprint density at radius 2 is 1.15 bits per heavy atom. The predicted molar refractivity (Wildman–Crippen MR) is 170 cm³/mol. The zero-order chi connectivity index (χ0) is 29.9. The van der Waals surface area contributed by atoms with Gasteiger partial charge in [-0.25, -0.2) is 4.79 Å². The predicted octanol–water partition coefficient (Wildman–Crippen LogP) is 9.59. The van der Waals surface area contributed by atoms with Gasteiger partial charge in [0, 0.05) is 20.0 Å². The van der Waals surface area contributed by atoms with Gasteiger partial charge in [-0.2, -0.15) is 0 Å². The van der Waals surface area contributed by atoms with Gasteiger partial charge in [0.05, 0.1) is 0 Å². The number of esters is 1. The second-order valence-electron chi connectivity index (χ2n) is 12.7. The Bertz CT molecular complexity index is 575. The average molecular weight is 569 g/mol. The van der Waals surface area contributed by atoms with Crippen molar-refractivity contribution in [1.29, 1.82) is 0 Å². The Morgan fingerprint density at radius 3 is 1.70 bits per heavy atom. The highest BCUT2D eigenvalue weighted by molar-refractivity contribution is 5.69. The lowest BCUT2D eigenvalue weighted by Crippen LogP contribution is -2.35. The Hall–Kier alpha value is -1.30. The maximum Gasteiger partial charge on any atom is 0.410 e. The lowest BCUT2D eigenvalue weighted by Gasteiger charge is -2.24. The molecular formula is C34H68N2O4. The van der Waals surface area contributed by atoms with Crippen LogP contribution in [0, 0.1) is 0 Å². The highest BCUT2D eigenvalue weighted by atomic mass is 16.6. The van der Waals surface area contributed by atoms with Gasteiger partial charge >= 0.3 is 12.1 Å². The van der Waals surface area contributed by atoms with E-state index in [2.05, 4.69) is 19.2 Å². The van der Waals surface area contributed by atoms with Crippen molar-refractivity contribution in [2.75, 3.05) is 26.7 Å². The molecule has 0 rings (SSSR count). The first-order chi connectivity index (χ1) is 19.2. The highest BCUT2D eigenvalue weighted by Gasteiger charge is 2.19. The summed E-state index contributed by atoms with van der Waals surface area (Å²) >= 11 is 0. The monoisotopic (exact) mass is 569 g/mol. The number of carbonyl (C=O) groups is 2. The third-order valence-corrected chi connectivity index (χ3v) is 7.34. The molecule has 0 aromatic rings. The van der Waals surface area contributed by atoms with Crippen molar-refractivity contribution in [2.45, 2.75) is 181 Å². The Morgan fingerprint density at radius 1 is 0.675 bits per heavy atom.